The molecular weight excluding hydrogens is 285 g/mol. The summed E-state index contributed by atoms with van der Waals surface area (Å²) in [6.07, 6.45) is 4.27. The molecule has 21 heavy (non-hydrogen) atoms. The van der Waals surface area contributed by atoms with Crippen molar-refractivity contribution < 1.29 is 13.6 Å². The largest absolute Gasteiger partial charge is 0.377 e. The molecule has 0 spiro atoms. The maximum Gasteiger partial charge on any atom is 0.377 e. The fourth-order valence-corrected chi connectivity index (χ4v) is 4.06. The van der Waals surface area contributed by atoms with Gasteiger partial charge in [-0.15, -0.1) is 13.2 Å². The lowest BCUT2D eigenvalue weighted by molar-refractivity contribution is 0.286. The van der Waals surface area contributed by atoms with Gasteiger partial charge in [-0.05, 0) is 0 Å². The molecular formula is C16H20NO3P. The van der Waals surface area contributed by atoms with Crippen LogP contribution in [-0.2, 0) is 26.6 Å². The molecule has 0 saturated carbocycles. The second-order valence-corrected chi connectivity index (χ2v) is 6.72. The lowest BCUT2D eigenvalue weighted by Gasteiger charge is -2.17. The van der Waals surface area contributed by atoms with E-state index in [1.807, 2.05) is 34.9 Å². The van der Waals surface area contributed by atoms with Crippen molar-refractivity contribution in [2.24, 2.45) is 0 Å². The Balaban J connectivity index is 2.90. The fraction of sp³-hybridized carbons (Fsp3) is 0.250. The third-order valence-electron chi connectivity index (χ3n) is 3.45. The van der Waals surface area contributed by atoms with Gasteiger partial charge in [-0.2, -0.15) is 0 Å². The van der Waals surface area contributed by atoms with Gasteiger partial charge in [0, 0.05) is 43.7 Å². The molecule has 0 radical (unpaired) electrons. The van der Waals surface area contributed by atoms with Gasteiger partial charge >= 0.3 is 7.60 Å². The number of rotatable bonds is 7. The first-order chi connectivity index (χ1) is 10.1. The van der Waals surface area contributed by atoms with Crippen LogP contribution in [-0.4, -0.2) is 18.8 Å². The van der Waals surface area contributed by atoms with E-state index in [0.717, 1.165) is 16.5 Å². The molecule has 2 rings (SSSR count). The predicted molar refractivity (Wildman–Crippen MR) is 87.3 cm³/mol. The number of allylic oxidation sites excluding steroid dienone is 2. The lowest BCUT2D eigenvalue weighted by Crippen LogP contribution is -2.21. The number of hydrogen-bond donors (Lipinski definition) is 0. The van der Waals surface area contributed by atoms with Crippen LogP contribution < -0.4 is 5.44 Å². The van der Waals surface area contributed by atoms with Gasteiger partial charge in [0.1, 0.15) is 5.44 Å². The molecule has 0 aliphatic rings. The molecule has 0 amide bonds. The SMILES string of the molecule is C=CCc1c2ccccc2c(P(=O)(OC)OC)n1CC=C. The molecule has 0 saturated heterocycles. The standard InChI is InChI=1S/C16H20NO3P/c1-5-9-15-13-10-7-8-11-14(13)16(17(15)12-6-2)21(18,19-3)20-4/h5-8,10-11H,1-2,9,12H2,3-4H3. The highest BCUT2D eigenvalue weighted by molar-refractivity contribution is 7.62. The summed E-state index contributed by atoms with van der Waals surface area (Å²) < 4.78 is 25.3. The zero-order valence-electron chi connectivity index (χ0n) is 12.4. The third-order valence-corrected chi connectivity index (χ3v) is 5.41. The Hall–Kier alpha value is -1.61. The maximum atomic E-state index is 13.0. The van der Waals surface area contributed by atoms with Crippen molar-refractivity contribution >= 4 is 23.8 Å². The van der Waals surface area contributed by atoms with Crippen molar-refractivity contribution in [1.29, 1.82) is 0 Å². The van der Waals surface area contributed by atoms with E-state index in [9.17, 15) is 4.57 Å². The van der Waals surface area contributed by atoms with Gasteiger partial charge in [-0.1, -0.05) is 36.4 Å². The molecule has 0 bridgehead atoms. The Morgan fingerprint density at radius 3 is 2.29 bits per heavy atom. The molecule has 0 aliphatic carbocycles. The van der Waals surface area contributed by atoms with Gasteiger partial charge in [0.2, 0.25) is 0 Å². The summed E-state index contributed by atoms with van der Waals surface area (Å²) in [5, 5.41) is 1.91. The number of nitrogens with zero attached hydrogens (tertiary/aromatic N) is 1. The lowest BCUT2D eigenvalue weighted by atomic mass is 10.1. The van der Waals surface area contributed by atoms with E-state index in [0.29, 0.717) is 18.4 Å². The number of hydrogen-bond acceptors (Lipinski definition) is 3. The van der Waals surface area contributed by atoms with E-state index >= 15 is 0 Å². The molecule has 0 fully saturated rings. The van der Waals surface area contributed by atoms with Gasteiger partial charge in [-0.25, -0.2) is 0 Å². The molecule has 1 heterocycles. The van der Waals surface area contributed by atoms with Crippen LogP contribution >= 0.6 is 7.60 Å². The second-order valence-electron chi connectivity index (χ2n) is 4.57. The van der Waals surface area contributed by atoms with Crippen LogP contribution in [0.1, 0.15) is 5.69 Å². The van der Waals surface area contributed by atoms with Crippen molar-refractivity contribution in [1.82, 2.24) is 4.57 Å². The molecule has 0 unspecified atom stereocenters. The van der Waals surface area contributed by atoms with Crippen LogP contribution in [0.5, 0.6) is 0 Å². The Bertz CT molecular complexity index is 710. The Labute approximate surface area is 125 Å². The van der Waals surface area contributed by atoms with Gasteiger partial charge in [0.25, 0.3) is 0 Å². The van der Waals surface area contributed by atoms with Gasteiger partial charge in [-0.3, -0.25) is 4.57 Å². The molecule has 1 aromatic heterocycles. The minimum atomic E-state index is -3.37. The van der Waals surface area contributed by atoms with Crippen LogP contribution in [0.3, 0.4) is 0 Å². The van der Waals surface area contributed by atoms with E-state index in [4.69, 9.17) is 9.05 Å². The molecule has 0 atom stereocenters. The minimum Gasteiger partial charge on any atom is -0.333 e. The zero-order valence-corrected chi connectivity index (χ0v) is 13.3. The van der Waals surface area contributed by atoms with Gasteiger partial charge in [0.15, 0.2) is 0 Å². The summed E-state index contributed by atoms with van der Waals surface area (Å²) in [7, 11) is -0.568. The summed E-state index contributed by atoms with van der Waals surface area (Å²) in [6, 6.07) is 7.81. The Morgan fingerprint density at radius 1 is 1.14 bits per heavy atom. The number of fused-ring (bicyclic) bond motifs is 1. The molecule has 4 nitrogen and oxygen atoms in total. The molecule has 5 heteroatoms. The summed E-state index contributed by atoms with van der Waals surface area (Å²) in [6.45, 7) is 8.12. The minimum absolute atomic E-state index is 0.532. The molecule has 112 valence electrons. The monoisotopic (exact) mass is 305 g/mol. The zero-order chi connectivity index (χ0) is 15.5. The summed E-state index contributed by atoms with van der Waals surface area (Å²) in [5.74, 6) is 0. The number of benzene rings is 1. The quantitative estimate of drug-likeness (QED) is 0.579. The highest BCUT2D eigenvalue weighted by Gasteiger charge is 2.32. The molecule has 2 aromatic rings. The molecule has 1 aromatic carbocycles. The highest BCUT2D eigenvalue weighted by atomic mass is 31.2. The van der Waals surface area contributed by atoms with Crippen molar-refractivity contribution in [2.45, 2.75) is 13.0 Å². The van der Waals surface area contributed by atoms with Crippen molar-refractivity contribution in [3.8, 4) is 0 Å². The van der Waals surface area contributed by atoms with Crippen LogP contribution in [0.15, 0.2) is 49.6 Å². The highest BCUT2D eigenvalue weighted by Crippen LogP contribution is 2.48. The van der Waals surface area contributed by atoms with Crippen molar-refractivity contribution in [2.75, 3.05) is 14.2 Å². The normalized spacial score (nSPS) is 11.7. The van der Waals surface area contributed by atoms with Crippen molar-refractivity contribution in [3.63, 3.8) is 0 Å². The van der Waals surface area contributed by atoms with E-state index in [-0.39, 0.29) is 0 Å². The van der Waals surface area contributed by atoms with E-state index in [1.54, 1.807) is 6.08 Å². The molecule has 0 aliphatic heterocycles. The first-order valence-corrected chi connectivity index (χ1v) is 8.21. The predicted octanol–water partition coefficient (Wildman–Crippen LogP) is 3.67. The molecule has 0 N–H and O–H groups in total. The summed E-state index contributed by atoms with van der Waals surface area (Å²) in [5.41, 5.74) is 1.60. The average molecular weight is 305 g/mol. The van der Waals surface area contributed by atoms with Gasteiger partial charge < -0.3 is 13.6 Å². The Kier molecular flexibility index (Phi) is 4.84. The van der Waals surface area contributed by atoms with E-state index < -0.39 is 7.60 Å². The maximum absolute atomic E-state index is 13.0. The fourth-order valence-electron chi connectivity index (χ4n) is 2.57. The average Bonchev–Trinajstić information content (AvgIpc) is 2.82. The first-order valence-electron chi connectivity index (χ1n) is 6.67. The summed E-state index contributed by atoms with van der Waals surface area (Å²) >= 11 is 0. The van der Waals surface area contributed by atoms with Crippen LogP contribution in [0.25, 0.3) is 10.8 Å². The third kappa shape index (κ3) is 2.62. The summed E-state index contributed by atoms with van der Waals surface area (Å²) in [4.78, 5) is 0. The van der Waals surface area contributed by atoms with Crippen LogP contribution in [0.2, 0.25) is 0 Å². The van der Waals surface area contributed by atoms with Crippen LogP contribution in [0.4, 0.5) is 0 Å². The van der Waals surface area contributed by atoms with E-state index in [2.05, 4.69) is 13.2 Å². The van der Waals surface area contributed by atoms with E-state index in [1.165, 1.54) is 14.2 Å². The number of aromatic nitrogens is 1. The topological polar surface area (TPSA) is 40.5 Å². The first kappa shape index (κ1) is 15.8. The Morgan fingerprint density at radius 2 is 1.76 bits per heavy atom. The van der Waals surface area contributed by atoms with Gasteiger partial charge in [0.05, 0.1) is 0 Å². The second kappa shape index (κ2) is 6.44. The smallest absolute Gasteiger partial charge is 0.333 e. The van der Waals surface area contributed by atoms with Crippen molar-refractivity contribution in [3.05, 3.63) is 55.3 Å². The van der Waals surface area contributed by atoms with Crippen LogP contribution in [0, 0.1) is 0 Å².